The molecule has 0 unspecified atom stereocenters. The van der Waals surface area contributed by atoms with Gasteiger partial charge in [0.25, 0.3) is 0 Å². The van der Waals surface area contributed by atoms with Crippen LogP contribution in [0.4, 0.5) is 5.69 Å². The molecule has 0 bridgehead atoms. The summed E-state index contributed by atoms with van der Waals surface area (Å²) < 4.78 is 15.3. The molecule has 0 aliphatic carbocycles. The molecule has 0 spiro atoms. The maximum absolute atomic E-state index is 12.2. The van der Waals surface area contributed by atoms with E-state index in [-0.39, 0.29) is 18.8 Å². The van der Waals surface area contributed by atoms with Gasteiger partial charge in [0.1, 0.15) is 16.8 Å². The van der Waals surface area contributed by atoms with Crippen LogP contribution in [-0.2, 0) is 19.1 Å². The number of hydrogen-bond acceptors (Lipinski definition) is 8. The van der Waals surface area contributed by atoms with E-state index in [4.69, 9.17) is 14.2 Å². The lowest BCUT2D eigenvalue weighted by Gasteiger charge is -2.21. The first kappa shape index (κ1) is 21.4. The van der Waals surface area contributed by atoms with Crippen molar-refractivity contribution < 1.29 is 23.8 Å². The Bertz CT molecular complexity index is 828. The molecule has 28 heavy (non-hydrogen) atoms. The van der Waals surface area contributed by atoms with E-state index >= 15 is 0 Å². The van der Waals surface area contributed by atoms with E-state index in [1.54, 1.807) is 14.0 Å². The molecule has 0 saturated heterocycles. The van der Waals surface area contributed by atoms with Crippen molar-refractivity contribution in [3.05, 3.63) is 41.5 Å². The van der Waals surface area contributed by atoms with E-state index in [0.29, 0.717) is 30.2 Å². The number of esters is 2. The Labute approximate surface area is 168 Å². The fourth-order valence-corrected chi connectivity index (χ4v) is 3.79. The van der Waals surface area contributed by atoms with Crippen molar-refractivity contribution in [2.45, 2.75) is 24.7 Å². The van der Waals surface area contributed by atoms with Gasteiger partial charge in [0.15, 0.2) is 5.57 Å². The lowest BCUT2D eigenvalue weighted by Crippen LogP contribution is -2.23. The minimum absolute atomic E-state index is 0.0277. The highest BCUT2D eigenvalue weighted by Crippen LogP contribution is 2.48. The largest absolute Gasteiger partial charge is 0.497 e. The molecule has 0 N–H and O–H groups in total. The summed E-state index contributed by atoms with van der Waals surface area (Å²) in [6, 6.07) is 7.57. The molecular weight excluding hydrogens is 380 g/mol. The lowest BCUT2D eigenvalue weighted by molar-refractivity contribution is -0.138. The van der Waals surface area contributed by atoms with Crippen LogP contribution >= 0.6 is 11.8 Å². The number of nitrogens with zero attached hydrogens (tertiary/aromatic N) is 2. The maximum atomic E-state index is 12.2. The van der Waals surface area contributed by atoms with Crippen molar-refractivity contribution >= 4 is 29.4 Å². The fraction of sp³-hybridized carbons (Fsp3) is 0.350. The van der Waals surface area contributed by atoms with E-state index in [1.165, 1.54) is 11.8 Å². The number of carbonyl (C=O) groups is 2. The van der Waals surface area contributed by atoms with E-state index in [2.05, 4.69) is 6.58 Å². The van der Waals surface area contributed by atoms with Gasteiger partial charge in [0.05, 0.1) is 26.0 Å². The van der Waals surface area contributed by atoms with Crippen LogP contribution in [0, 0.1) is 11.3 Å². The van der Waals surface area contributed by atoms with Crippen molar-refractivity contribution in [1.29, 1.82) is 5.26 Å². The highest BCUT2D eigenvalue weighted by molar-refractivity contribution is 8.03. The smallest absolute Gasteiger partial charge is 0.351 e. The monoisotopic (exact) mass is 402 g/mol. The number of nitriles is 1. The first-order chi connectivity index (χ1) is 13.5. The second-order valence-electron chi connectivity index (χ2n) is 5.68. The number of thioether (sulfide) groups is 1. The second kappa shape index (κ2) is 10.4. The van der Waals surface area contributed by atoms with Gasteiger partial charge in [-0.1, -0.05) is 18.3 Å². The zero-order valence-corrected chi connectivity index (χ0v) is 16.7. The normalized spacial score (nSPS) is 14.0. The van der Waals surface area contributed by atoms with E-state index in [9.17, 15) is 14.9 Å². The number of carbonyl (C=O) groups excluding carboxylic acids is 2. The van der Waals surface area contributed by atoms with Gasteiger partial charge in [0, 0.05) is 17.5 Å². The number of fused-ring (bicyclic) bond motifs is 1. The second-order valence-corrected chi connectivity index (χ2v) is 6.71. The predicted molar refractivity (Wildman–Crippen MR) is 106 cm³/mol. The van der Waals surface area contributed by atoms with E-state index in [1.807, 2.05) is 29.2 Å². The number of hydrogen-bond donors (Lipinski definition) is 0. The molecule has 0 atom stereocenters. The highest BCUT2D eigenvalue weighted by atomic mass is 32.2. The van der Waals surface area contributed by atoms with Crippen LogP contribution < -0.4 is 9.64 Å². The number of ether oxygens (including phenoxy) is 3. The molecule has 7 nitrogen and oxygen atoms in total. The first-order valence-electron chi connectivity index (χ1n) is 8.79. The minimum Gasteiger partial charge on any atom is -0.497 e. The fourth-order valence-electron chi connectivity index (χ4n) is 2.59. The molecular formula is C20H22N2O5S. The quantitative estimate of drug-likeness (QED) is 0.269. The van der Waals surface area contributed by atoms with Crippen molar-refractivity contribution in [2.24, 2.45) is 0 Å². The zero-order chi connectivity index (χ0) is 20.5. The Hall–Kier alpha value is -2.92. The molecule has 1 aromatic rings. The summed E-state index contributed by atoms with van der Waals surface area (Å²) >= 11 is 1.34. The minimum atomic E-state index is -0.641. The van der Waals surface area contributed by atoms with Gasteiger partial charge in [-0.25, -0.2) is 9.59 Å². The number of benzene rings is 1. The summed E-state index contributed by atoms with van der Waals surface area (Å²) in [7, 11) is 1.58. The van der Waals surface area contributed by atoms with Crippen LogP contribution in [-0.4, -0.2) is 38.8 Å². The molecule has 8 heteroatoms. The summed E-state index contributed by atoms with van der Waals surface area (Å²) in [5, 5.41) is 10.1. The molecule has 0 saturated carbocycles. The predicted octanol–water partition coefficient (Wildman–Crippen LogP) is 3.41. The topological polar surface area (TPSA) is 88.9 Å². The summed E-state index contributed by atoms with van der Waals surface area (Å²) in [4.78, 5) is 26.2. The third-order valence-electron chi connectivity index (χ3n) is 3.90. The standard InChI is InChI=1S/C20H22N2O5S/c1-4-18(23)27-11-7-6-10-22-16-9-8-14(25-3)12-17(16)28-19(22)15(13-21)20(24)26-5-2/h4,8-9,12H,1,5-7,10-11H2,2-3H3. The van der Waals surface area contributed by atoms with Gasteiger partial charge in [0.2, 0.25) is 0 Å². The third-order valence-corrected chi connectivity index (χ3v) is 5.07. The summed E-state index contributed by atoms with van der Waals surface area (Å²) in [5.74, 6) is -0.403. The maximum Gasteiger partial charge on any atom is 0.351 e. The number of unbranched alkanes of at least 4 members (excludes halogenated alkanes) is 1. The molecule has 1 aromatic carbocycles. The zero-order valence-electron chi connectivity index (χ0n) is 15.9. The molecule has 0 amide bonds. The summed E-state index contributed by atoms with van der Waals surface area (Å²) in [6.07, 6.45) is 2.46. The Balaban J connectivity index is 2.23. The van der Waals surface area contributed by atoms with Crippen molar-refractivity contribution in [3.63, 3.8) is 0 Å². The van der Waals surface area contributed by atoms with Gasteiger partial charge < -0.3 is 19.1 Å². The van der Waals surface area contributed by atoms with Crippen LogP contribution in [0.3, 0.4) is 0 Å². The third kappa shape index (κ3) is 5.08. The van der Waals surface area contributed by atoms with Crippen LogP contribution in [0.1, 0.15) is 19.8 Å². The van der Waals surface area contributed by atoms with Crippen molar-refractivity contribution in [3.8, 4) is 11.8 Å². The number of rotatable bonds is 9. The average Bonchev–Trinajstić information content (AvgIpc) is 3.05. The van der Waals surface area contributed by atoms with Crippen LogP contribution in [0.25, 0.3) is 0 Å². The molecule has 0 fully saturated rings. The molecule has 1 aliphatic heterocycles. The van der Waals surface area contributed by atoms with Gasteiger partial charge >= 0.3 is 11.9 Å². The van der Waals surface area contributed by atoms with Gasteiger partial charge in [-0.15, -0.1) is 0 Å². The summed E-state index contributed by atoms with van der Waals surface area (Å²) in [6.45, 7) is 6.08. The number of anilines is 1. The Morgan fingerprint density at radius 1 is 1.32 bits per heavy atom. The highest BCUT2D eigenvalue weighted by Gasteiger charge is 2.31. The van der Waals surface area contributed by atoms with Crippen LogP contribution in [0.5, 0.6) is 5.75 Å². The lowest BCUT2D eigenvalue weighted by atomic mass is 10.2. The average molecular weight is 402 g/mol. The van der Waals surface area contributed by atoms with Crippen molar-refractivity contribution in [2.75, 3.05) is 31.8 Å². The number of methoxy groups -OCH3 is 1. The molecule has 0 aromatic heterocycles. The molecule has 1 aliphatic rings. The molecule has 148 valence electrons. The molecule has 0 radical (unpaired) electrons. The van der Waals surface area contributed by atoms with E-state index in [0.717, 1.165) is 16.7 Å². The molecule has 2 rings (SSSR count). The Morgan fingerprint density at radius 2 is 2.11 bits per heavy atom. The SMILES string of the molecule is C=CC(=O)OCCCCN1C(=C(C#N)C(=O)OCC)Sc2cc(OC)ccc21. The Kier molecular flexibility index (Phi) is 7.96. The summed E-state index contributed by atoms with van der Waals surface area (Å²) in [5.41, 5.74) is 0.862. The first-order valence-corrected chi connectivity index (χ1v) is 9.61. The van der Waals surface area contributed by atoms with Crippen LogP contribution in [0.15, 0.2) is 46.4 Å². The van der Waals surface area contributed by atoms with Gasteiger partial charge in [-0.2, -0.15) is 5.26 Å². The van der Waals surface area contributed by atoms with Crippen molar-refractivity contribution in [1.82, 2.24) is 0 Å². The van der Waals surface area contributed by atoms with E-state index < -0.39 is 11.9 Å². The molecule has 1 heterocycles. The van der Waals surface area contributed by atoms with Crippen LogP contribution in [0.2, 0.25) is 0 Å². The Morgan fingerprint density at radius 3 is 2.75 bits per heavy atom. The van der Waals surface area contributed by atoms with Gasteiger partial charge in [-0.05, 0) is 38.0 Å². The van der Waals surface area contributed by atoms with Gasteiger partial charge in [-0.3, -0.25) is 0 Å².